The molecule has 218 valence electrons. The molecule has 2 aromatic heterocycles. The Morgan fingerprint density at radius 1 is 1.12 bits per heavy atom. The Bertz CT molecular complexity index is 1200. The third-order valence-corrected chi connectivity index (χ3v) is 7.57. The van der Waals surface area contributed by atoms with Crippen LogP contribution in [0.1, 0.15) is 48.6 Å². The third-order valence-electron chi connectivity index (χ3n) is 7.57. The van der Waals surface area contributed by atoms with Crippen LogP contribution in [0.15, 0.2) is 55.1 Å². The number of carbonyl (C=O) groups excluding carboxylic acids is 1. The van der Waals surface area contributed by atoms with Crippen LogP contribution in [-0.2, 0) is 4.74 Å². The average Bonchev–Trinajstić information content (AvgIpc) is 3.39. The van der Waals surface area contributed by atoms with Gasteiger partial charge in [-0.2, -0.15) is 0 Å². The van der Waals surface area contributed by atoms with E-state index in [-0.39, 0.29) is 49.4 Å². The molecule has 40 heavy (non-hydrogen) atoms. The fraction of sp³-hybridized carbons (Fsp3) is 0.500. The van der Waals surface area contributed by atoms with E-state index in [0.29, 0.717) is 50.8 Å². The fourth-order valence-electron chi connectivity index (χ4n) is 5.72. The molecule has 3 aromatic rings. The van der Waals surface area contributed by atoms with Crippen molar-refractivity contribution in [2.75, 3.05) is 40.0 Å². The molecule has 0 radical (unpaired) electrons. The summed E-state index contributed by atoms with van der Waals surface area (Å²) < 4.78 is 13.2. The van der Waals surface area contributed by atoms with E-state index in [4.69, 9.17) is 9.47 Å². The standard InChI is InChI=1S/C28H36N6O4.2ClH/c1-37-19-28(36)12-6-5-10-23(28)34-20-32-24(25(34)21-8-3-2-4-9-21)26(35)33-16-15-29-18-22(33)11-17-38-27-30-13-7-14-31-27;;/h2-4,7-9,13-14,20,22-23,29,36H,5-6,10-12,15-19H2,1H3;2*1H/t22-,23-,28-;;/m1../s1. The molecule has 3 heterocycles. The Labute approximate surface area is 247 Å². The monoisotopic (exact) mass is 592 g/mol. The Morgan fingerprint density at radius 3 is 2.65 bits per heavy atom. The highest BCUT2D eigenvalue weighted by Gasteiger charge is 2.42. The first-order chi connectivity index (χ1) is 18.6. The first-order valence-corrected chi connectivity index (χ1v) is 13.4. The molecule has 10 nitrogen and oxygen atoms in total. The number of nitrogens with zero attached hydrogens (tertiary/aromatic N) is 5. The van der Waals surface area contributed by atoms with Gasteiger partial charge in [-0.1, -0.05) is 43.2 Å². The molecule has 2 aliphatic rings. The summed E-state index contributed by atoms with van der Waals surface area (Å²) in [5.74, 6) is -0.115. The molecule has 0 spiro atoms. The van der Waals surface area contributed by atoms with Gasteiger partial charge in [0.1, 0.15) is 5.60 Å². The van der Waals surface area contributed by atoms with Crippen molar-refractivity contribution in [3.05, 3.63) is 60.8 Å². The molecule has 1 amide bonds. The molecule has 1 saturated carbocycles. The normalized spacial score (nSPS) is 22.6. The summed E-state index contributed by atoms with van der Waals surface area (Å²) in [6, 6.07) is 11.6. The topological polar surface area (TPSA) is 115 Å². The third kappa shape index (κ3) is 6.92. The molecule has 2 fully saturated rings. The number of carbonyl (C=O) groups is 1. The summed E-state index contributed by atoms with van der Waals surface area (Å²) in [6.07, 6.45) is 9.01. The van der Waals surface area contributed by atoms with Gasteiger partial charge in [-0.25, -0.2) is 15.0 Å². The lowest BCUT2D eigenvalue weighted by molar-refractivity contribution is -0.0893. The zero-order valence-electron chi connectivity index (χ0n) is 22.6. The maximum atomic E-state index is 14.1. The molecule has 1 aromatic carbocycles. The predicted octanol–water partition coefficient (Wildman–Crippen LogP) is 3.56. The van der Waals surface area contributed by atoms with Gasteiger partial charge in [0, 0.05) is 57.2 Å². The molecular formula is C28H38Cl2N6O4. The van der Waals surface area contributed by atoms with E-state index < -0.39 is 5.60 Å². The molecule has 0 unspecified atom stereocenters. The Hall–Kier alpha value is -2.76. The Kier molecular flexibility index (Phi) is 11.7. The molecule has 1 aliphatic heterocycles. The number of methoxy groups -OCH3 is 1. The summed E-state index contributed by atoms with van der Waals surface area (Å²) in [4.78, 5) is 28.9. The van der Waals surface area contributed by atoms with Crippen molar-refractivity contribution in [1.82, 2.24) is 29.7 Å². The summed E-state index contributed by atoms with van der Waals surface area (Å²) in [5.41, 5.74) is 1.02. The average molecular weight is 594 g/mol. The van der Waals surface area contributed by atoms with Gasteiger partial charge in [-0.15, -0.1) is 24.8 Å². The number of benzene rings is 1. The molecular weight excluding hydrogens is 555 g/mol. The van der Waals surface area contributed by atoms with E-state index in [2.05, 4.69) is 20.3 Å². The fourth-order valence-corrected chi connectivity index (χ4v) is 5.72. The quantitative estimate of drug-likeness (QED) is 0.387. The first kappa shape index (κ1) is 31.8. The van der Waals surface area contributed by atoms with Gasteiger partial charge in [-0.05, 0) is 18.9 Å². The van der Waals surface area contributed by atoms with Crippen LogP contribution < -0.4 is 10.1 Å². The lowest BCUT2D eigenvalue weighted by atomic mass is 9.80. The van der Waals surface area contributed by atoms with Gasteiger partial charge in [-0.3, -0.25) is 4.79 Å². The smallest absolute Gasteiger partial charge is 0.316 e. The van der Waals surface area contributed by atoms with Gasteiger partial charge in [0.15, 0.2) is 5.69 Å². The number of halogens is 2. The lowest BCUT2D eigenvalue weighted by Crippen LogP contribution is -2.54. The molecule has 5 rings (SSSR count). The highest BCUT2D eigenvalue weighted by atomic mass is 35.5. The number of piperazine rings is 1. The highest BCUT2D eigenvalue weighted by Crippen LogP contribution is 2.41. The van der Waals surface area contributed by atoms with E-state index in [1.165, 1.54) is 0 Å². The summed E-state index contributed by atoms with van der Waals surface area (Å²) in [6.45, 7) is 2.58. The second-order valence-electron chi connectivity index (χ2n) is 10.0. The highest BCUT2D eigenvalue weighted by molar-refractivity contribution is 5.98. The molecule has 2 N–H and O–H groups in total. The van der Waals surface area contributed by atoms with Gasteiger partial charge in [0.25, 0.3) is 5.91 Å². The number of imidazole rings is 1. The lowest BCUT2D eigenvalue weighted by Gasteiger charge is -2.41. The second-order valence-corrected chi connectivity index (χ2v) is 10.0. The number of aromatic nitrogens is 4. The predicted molar refractivity (Wildman–Crippen MR) is 156 cm³/mol. The van der Waals surface area contributed by atoms with Gasteiger partial charge >= 0.3 is 6.01 Å². The van der Waals surface area contributed by atoms with E-state index in [1.54, 1.807) is 31.9 Å². The van der Waals surface area contributed by atoms with E-state index in [0.717, 1.165) is 30.5 Å². The van der Waals surface area contributed by atoms with Crippen LogP contribution >= 0.6 is 24.8 Å². The van der Waals surface area contributed by atoms with Crippen molar-refractivity contribution < 1.29 is 19.4 Å². The zero-order chi connectivity index (χ0) is 26.4. The van der Waals surface area contributed by atoms with Crippen molar-refractivity contribution in [2.24, 2.45) is 0 Å². The Balaban J connectivity index is 0.00000220. The van der Waals surface area contributed by atoms with Crippen LogP contribution in [0, 0.1) is 0 Å². The van der Waals surface area contributed by atoms with Gasteiger partial charge in [0.2, 0.25) is 0 Å². The van der Waals surface area contributed by atoms with Gasteiger partial charge in [0.05, 0.1) is 31.3 Å². The minimum atomic E-state index is -1.02. The van der Waals surface area contributed by atoms with Crippen molar-refractivity contribution in [3.8, 4) is 17.3 Å². The molecule has 0 bridgehead atoms. The van der Waals surface area contributed by atoms with E-state index in [9.17, 15) is 9.90 Å². The SMILES string of the molecule is COC[C@]1(O)CCCC[C@H]1n1cnc(C(=O)N2CCNC[C@H]2CCOc2ncccn2)c1-c1ccccc1.Cl.Cl. The summed E-state index contributed by atoms with van der Waals surface area (Å²) in [5, 5.41) is 15.0. The maximum Gasteiger partial charge on any atom is 0.316 e. The zero-order valence-corrected chi connectivity index (χ0v) is 24.3. The summed E-state index contributed by atoms with van der Waals surface area (Å²) in [7, 11) is 1.61. The van der Waals surface area contributed by atoms with Crippen LogP contribution in [0.4, 0.5) is 0 Å². The molecule has 1 saturated heterocycles. The second kappa shape index (κ2) is 14.7. The van der Waals surface area contributed by atoms with Crippen molar-refractivity contribution in [3.63, 3.8) is 0 Å². The van der Waals surface area contributed by atoms with Crippen LogP contribution in [0.25, 0.3) is 11.3 Å². The van der Waals surface area contributed by atoms with Crippen LogP contribution in [0.2, 0.25) is 0 Å². The van der Waals surface area contributed by atoms with Crippen LogP contribution in [0.3, 0.4) is 0 Å². The van der Waals surface area contributed by atoms with Crippen LogP contribution in [0.5, 0.6) is 6.01 Å². The van der Waals surface area contributed by atoms with Crippen molar-refractivity contribution in [2.45, 2.75) is 49.8 Å². The van der Waals surface area contributed by atoms with Crippen LogP contribution in [-0.4, -0.2) is 87.0 Å². The number of aliphatic hydroxyl groups is 1. The largest absolute Gasteiger partial charge is 0.463 e. The Morgan fingerprint density at radius 2 is 1.90 bits per heavy atom. The minimum absolute atomic E-state index is 0. The number of hydrogen-bond donors (Lipinski definition) is 2. The van der Waals surface area contributed by atoms with Crippen molar-refractivity contribution in [1.29, 1.82) is 0 Å². The molecule has 12 heteroatoms. The number of amides is 1. The van der Waals surface area contributed by atoms with Crippen molar-refractivity contribution >= 4 is 30.7 Å². The summed E-state index contributed by atoms with van der Waals surface area (Å²) >= 11 is 0. The van der Waals surface area contributed by atoms with E-state index >= 15 is 0 Å². The number of ether oxygens (including phenoxy) is 2. The minimum Gasteiger partial charge on any atom is -0.463 e. The van der Waals surface area contributed by atoms with E-state index in [1.807, 2.05) is 39.8 Å². The maximum absolute atomic E-state index is 14.1. The number of rotatable bonds is 9. The number of nitrogens with one attached hydrogen (secondary N) is 1. The molecule has 1 aliphatic carbocycles. The number of hydrogen-bond acceptors (Lipinski definition) is 8. The van der Waals surface area contributed by atoms with Gasteiger partial charge < -0.3 is 29.4 Å². The first-order valence-electron chi connectivity index (χ1n) is 13.4. The molecule has 3 atom stereocenters.